The van der Waals surface area contributed by atoms with Crippen LogP contribution in [0, 0.1) is 6.92 Å². The second kappa shape index (κ2) is 14.1. The van der Waals surface area contributed by atoms with E-state index in [0.717, 1.165) is 47.5 Å². The molecule has 0 radical (unpaired) electrons. The summed E-state index contributed by atoms with van der Waals surface area (Å²) in [6, 6.07) is 16.8. The van der Waals surface area contributed by atoms with E-state index in [-0.39, 0.29) is 39.1 Å². The number of aryl methyl sites for hydroxylation is 1. The zero-order chi connectivity index (χ0) is 30.4. The van der Waals surface area contributed by atoms with E-state index < -0.39 is 28.5 Å². The quantitative estimate of drug-likeness (QED) is 0.256. The van der Waals surface area contributed by atoms with Crippen LogP contribution in [0.15, 0.2) is 71.6 Å². The summed E-state index contributed by atoms with van der Waals surface area (Å²) in [5.41, 5.74) is 1.67. The average Bonchev–Trinajstić information content (AvgIpc) is 2.97. The molecule has 1 N–H and O–H groups in total. The fraction of sp³-hybridized carbons (Fsp3) is 0.355. The molecule has 1 atom stereocenters. The summed E-state index contributed by atoms with van der Waals surface area (Å²) in [6.45, 7) is 2.96. The van der Waals surface area contributed by atoms with Gasteiger partial charge in [0.2, 0.25) is 11.8 Å². The van der Waals surface area contributed by atoms with E-state index >= 15 is 0 Å². The largest absolute Gasteiger partial charge is 0.352 e. The number of benzene rings is 3. The number of rotatable bonds is 10. The highest BCUT2D eigenvalue weighted by molar-refractivity contribution is 7.92. The molecule has 0 bridgehead atoms. The van der Waals surface area contributed by atoms with Gasteiger partial charge in [-0.3, -0.25) is 13.9 Å². The monoisotopic (exact) mass is 649 g/mol. The molecule has 0 saturated heterocycles. The molecule has 0 spiro atoms. The predicted molar refractivity (Wildman–Crippen MR) is 169 cm³/mol. The Kier molecular flexibility index (Phi) is 10.8. The molecule has 0 aromatic heterocycles. The summed E-state index contributed by atoms with van der Waals surface area (Å²) in [6.07, 6.45) is 5.00. The van der Waals surface area contributed by atoms with Gasteiger partial charge in [0.25, 0.3) is 10.0 Å². The molecular weight excluding hydrogens is 617 g/mol. The second-order valence-corrected chi connectivity index (χ2v) is 13.7. The highest BCUT2D eigenvalue weighted by atomic mass is 35.5. The van der Waals surface area contributed by atoms with Crippen LogP contribution < -0.4 is 9.62 Å². The van der Waals surface area contributed by atoms with E-state index in [2.05, 4.69) is 5.32 Å². The van der Waals surface area contributed by atoms with Gasteiger partial charge in [0.15, 0.2) is 0 Å². The summed E-state index contributed by atoms with van der Waals surface area (Å²) in [4.78, 5) is 28.9. The molecule has 3 aromatic carbocycles. The molecule has 1 fully saturated rings. The maximum Gasteiger partial charge on any atom is 0.264 e. The van der Waals surface area contributed by atoms with Crippen LogP contribution >= 0.6 is 34.8 Å². The Morgan fingerprint density at radius 1 is 0.905 bits per heavy atom. The van der Waals surface area contributed by atoms with Gasteiger partial charge in [-0.2, -0.15) is 0 Å². The van der Waals surface area contributed by atoms with Crippen molar-refractivity contribution >= 4 is 62.3 Å². The second-order valence-electron chi connectivity index (χ2n) is 10.6. The first kappa shape index (κ1) is 32.1. The number of halogens is 3. The first-order chi connectivity index (χ1) is 20.0. The number of hydrogen-bond acceptors (Lipinski definition) is 4. The van der Waals surface area contributed by atoms with Gasteiger partial charge >= 0.3 is 0 Å². The van der Waals surface area contributed by atoms with Gasteiger partial charge in [-0.1, -0.05) is 83.9 Å². The van der Waals surface area contributed by atoms with E-state index in [1.54, 1.807) is 43.3 Å². The number of carbonyl (C=O) groups is 2. The summed E-state index contributed by atoms with van der Waals surface area (Å²) < 4.78 is 28.9. The Balaban J connectivity index is 1.70. The van der Waals surface area contributed by atoms with Crippen molar-refractivity contribution in [3.63, 3.8) is 0 Å². The van der Waals surface area contributed by atoms with E-state index in [1.807, 2.05) is 6.92 Å². The summed E-state index contributed by atoms with van der Waals surface area (Å²) in [5, 5.41) is 3.98. The molecule has 1 aliphatic carbocycles. The van der Waals surface area contributed by atoms with Crippen LogP contribution in [0.2, 0.25) is 15.1 Å². The number of nitrogens with zero attached hydrogens (tertiary/aromatic N) is 2. The number of amides is 2. The van der Waals surface area contributed by atoms with E-state index in [1.165, 1.54) is 35.2 Å². The van der Waals surface area contributed by atoms with Gasteiger partial charge in [0, 0.05) is 22.6 Å². The van der Waals surface area contributed by atoms with E-state index in [0.29, 0.717) is 5.02 Å². The van der Waals surface area contributed by atoms with Crippen LogP contribution in [0.4, 0.5) is 5.69 Å². The lowest BCUT2D eigenvalue weighted by Crippen LogP contribution is -2.53. The van der Waals surface area contributed by atoms with Gasteiger partial charge in [-0.15, -0.1) is 0 Å². The molecule has 3 aromatic rings. The van der Waals surface area contributed by atoms with Crippen LogP contribution in [0.3, 0.4) is 0 Å². The van der Waals surface area contributed by atoms with Crippen molar-refractivity contribution in [3.05, 3.63) is 92.9 Å². The maximum absolute atomic E-state index is 14.1. The standard InChI is InChI=1S/C31H34Cl3N3O4S/c1-21-8-15-27(16-9-21)42(40,41)37(29-18-25(33)14-17-28(29)34)20-30(38)36(19-23-10-12-24(32)13-11-23)22(2)31(39)35-26-6-4-3-5-7-26/h8-18,22,26H,3-7,19-20H2,1-2H3,(H,35,39). The normalized spacial score (nSPS) is 14.7. The summed E-state index contributed by atoms with van der Waals surface area (Å²) >= 11 is 18.8. The highest BCUT2D eigenvalue weighted by Gasteiger charge is 2.34. The molecule has 224 valence electrons. The Labute approximate surface area is 262 Å². The average molecular weight is 651 g/mol. The maximum atomic E-state index is 14.1. The number of anilines is 1. The van der Waals surface area contributed by atoms with Gasteiger partial charge < -0.3 is 10.2 Å². The van der Waals surface area contributed by atoms with Crippen LogP contribution in [0.5, 0.6) is 0 Å². The van der Waals surface area contributed by atoms with Crippen LogP contribution in [-0.2, 0) is 26.2 Å². The molecule has 1 saturated carbocycles. The van der Waals surface area contributed by atoms with Crippen molar-refractivity contribution in [2.24, 2.45) is 0 Å². The zero-order valence-electron chi connectivity index (χ0n) is 23.5. The van der Waals surface area contributed by atoms with Gasteiger partial charge in [0.1, 0.15) is 12.6 Å². The zero-order valence-corrected chi connectivity index (χ0v) is 26.6. The third kappa shape index (κ3) is 7.98. The molecule has 42 heavy (non-hydrogen) atoms. The minimum atomic E-state index is -4.26. The summed E-state index contributed by atoms with van der Waals surface area (Å²) in [7, 11) is -4.26. The van der Waals surface area contributed by atoms with Crippen molar-refractivity contribution in [2.45, 2.75) is 69.5 Å². The third-order valence-corrected chi connectivity index (χ3v) is 10.0. The molecule has 4 rings (SSSR count). The van der Waals surface area contributed by atoms with Crippen LogP contribution in [0.25, 0.3) is 0 Å². The van der Waals surface area contributed by atoms with Gasteiger partial charge in [-0.05, 0) is 74.7 Å². The minimum absolute atomic E-state index is 0.00992. The Morgan fingerprint density at radius 3 is 2.17 bits per heavy atom. The van der Waals surface area contributed by atoms with Crippen molar-refractivity contribution < 1.29 is 18.0 Å². The Morgan fingerprint density at radius 2 is 1.52 bits per heavy atom. The van der Waals surface area contributed by atoms with Crippen LogP contribution in [-0.4, -0.2) is 43.8 Å². The topological polar surface area (TPSA) is 86.8 Å². The van der Waals surface area contributed by atoms with Gasteiger partial charge in [-0.25, -0.2) is 8.42 Å². The minimum Gasteiger partial charge on any atom is -0.352 e. The van der Waals surface area contributed by atoms with Gasteiger partial charge in [0.05, 0.1) is 15.6 Å². The SMILES string of the molecule is Cc1ccc(S(=O)(=O)N(CC(=O)N(Cc2ccc(Cl)cc2)C(C)C(=O)NC2CCCCC2)c2cc(Cl)ccc2Cl)cc1. The highest BCUT2D eigenvalue weighted by Crippen LogP contribution is 2.33. The lowest BCUT2D eigenvalue weighted by atomic mass is 9.95. The van der Waals surface area contributed by atoms with Crippen molar-refractivity contribution in [3.8, 4) is 0 Å². The Hall–Kier alpha value is -2.78. The molecular formula is C31H34Cl3N3O4S. The molecule has 0 heterocycles. The lowest BCUT2D eigenvalue weighted by molar-refractivity contribution is -0.139. The molecule has 1 unspecified atom stereocenters. The number of hydrogen-bond donors (Lipinski definition) is 1. The fourth-order valence-corrected chi connectivity index (χ4v) is 6.95. The van der Waals surface area contributed by atoms with E-state index in [9.17, 15) is 18.0 Å². The molecule has 0 aliphatic heterocycles. The van der Waals surface area contributed by atoms with Crippen LogP contribution in [0.1, 0.15) is 50.2 Å². The first-order valence-electron chi connectivity index (χ1n) is 13.8. The molecule has 11 heteroatoms. The third-order valence-electron chi connectivity index (χ3n) is 7.45. The van der Waals surface area contributed by atoms with Crippen molar-refractivity contribution in [2.75, 3.05) is 10.8 Å². The number of carbonyl (C=O) groups excluding carboxylic acids is 2. The first-order valence-corrected chi connectivity index (χ1v) is 16.4. The Bertz CT molecular complexity index is 1510. The van der Waals surface area contributed by atoms with Crippen molar-refractivity contribution in [1.29, 1.82) is 0 Å². The predicted octanol–water partition coefficient (Wildman–Crippen LogP) is 7.02. The summed E-state index contributed by atoms with van der Waals surface area (Å²) in [5.74, 6) is -0.874. The fourth-order valence-electron chi connectivity index (χ4n) is 4.97. The number of sulfonamides is 1. The molecule has 2 amide bonds. The molecule has 1 aliphatic rings. The molecule has 7 nitrogen and oxygen atoms in total. The smallest absolute Gasteiger partial charge is 0.264 e. The van der Waals surface area contributed by atoms with Crippen molar-refractivity contribution in [1.82, 2.24) is 10.2 Å². The van der Waals surface area contributed by atoms with E-state index in [4.69, 9.17) is 34.8 Å². The number of nitrogens with one attached hydrogen (secondary N) is 1. The lowest BCUT2D eigenvalue weighted by Gasteiger charge is -2.33.